The Morgan fingerprint density at radius 2 is 2.16 bits per heavy atom. The van der Waals surface area contributed by atoms with Crippen molar-refractivity contribution >= 4 is 5.91 Å². The lowest BCUT2D eigenvalue weighted by atomic mass is 10.0. The van der Waals surface area contributed by atoms with Crippen molar-refractivity contribution in [3.05, 3.63) is 29.8 Å². The van der Waals surface area contributed by atoms with Crippen molar-refractivity contribution in [1.29, 1.82) is 0 Å². The van der Waals surface area contributed by atoms with E-state index in [1.54, 1.807) is 0 Å². The first-order chi connectivity index (χ1) is 8.96. The lowest BCUT2D eigenvalue weighted by molar-refractivity contribution is -0.131. The average Bonchev–Trinajstić information content (AvgIpc) is 2.36. The van der Waals surface area contributed by atoms with E-state index in [0.717, 1.165) is 17.7 Å². The summed E-state index contributed by atoms with van der Waals surface area (Å²) >= 11 is 0. The van der Waals surface area contributed by atoms with Crippen LogP contribution in [0.1, 0.15) is 38.8 Å². The Labute approximate surface area is 114 Å². The summed E-state index contributed by atoms with van der Waals surface area (Å²) in [7, 11) is 0. The number of carbonyl (C=O) groups is 1. The Balaban J connectivity index is 1.95. The fourth-order valence-corrected chi connectivity index (χ4v) is 2.01. The van der Waals surface area contributed by atoms with Crippen LogP contribution in [0, 0.1) is 0 Å². The van der Waals surface area contributed by atoms with Gasteiger partial charge in [-0.05, 0) is 26.8 Å². The van der Waals surface area contributed by atoms with Crippen molar-refractivity contribution in [2.24, 2.45) is 0 Å². The standard InChI is InChI=1S/C15H21NO3/c1-15(2,3)19-10-14(17)16-12-8-9-18-13-7-5-4-6-11(12)13/h4-7,12H,8-10H2,1-3H3,(H,16,17). The zero-order valence-corrected chi connectivity index (χ0v) is 11.7. The lowest BCUT2D eigenvalue weighted by Gasteiger charge is -2.27. The number of nitrogens with one attached hydrogen (secondary N) is 1. The first-order valence-corrected chi connectivity index (χ1v) is 6.61. The monoisotopic (exact) mass is 263 g/mol. The third-order valence-electron chi connectivity index (χ3n) is 2.93. The molecule has 0 aromatic heterocycles. The molecule has 1 N–H and O–H groups in total. The van der Waals surface area contributed by atoms with Gasteiger partial charge in [0.05, 0.1) is 18.2 Å². The fourth-order valence-electron chi connectivity index (χ4n) is 2.01. The summed E-state index contributed by atoms with van der Waals surface area (Å²) in [6.45, 7) is 6.52. The molecule has 1 aromatic rings. The molecular formula is C15H21NO3. The molecule has 19 heavy (non-hydrogen) atoms. The van der Waals surface area contributed by atoms with Crippen LogP contribution in [0.25, 0.3) is 0 Å². The van der Waals surface area contributed by atoms with Crippen LogP contribution in [0.3, 0.4) is 0 Å². The van der Waals surface area contributed by atoms with Crippen LogP contribution in [0.5, 0.6) is 5.75 Å². The molecule has 0 saturated heterocycles. The minimum absolute atomic E-state index is 0.0148. The van der Waals surface area contributed by atoms with Gasteiger partial charge in [-0.25, -0.2) is 0 Å². The minimum Gasteiger partial charge on any atom is -0.493 e. The van der Waals surface area contributed by atoms with E-state index in [-0.39, 0.29) is 24.2 Å². The molecule has 4 nitrogen and oxygen atoms in total. The number of fused-ring (bicyclic) bond motifs is 1. The largest absolute Gasteiger partial charge is 0.493 e. The molecule has 0 spiro atoms. The van der Waals surface area contributed by atoms with Crippen LogP contribution in [-0.4, -0.2) is 24.7 Å². The summed E-state index contributed by atoms with van der Waals surface area (Å²) in [6.07, 6.45) is 0.790. The third kappa shape index (κ3) is 3.96. The van der Waals surface area contributed by atoms with Crippen molar-refractivity contribution in [3.8, 4) is 5.75 Å². The Hall–Kier alpha value is -1.55. The molecule has 1 heterocycles. The maximum absolute atomic E-state index is 11.9. The molecule has 0 fully saturated rings. The summed E-state index contributed by atoms with van der Waals surface area (Å²) in [6, 6.07) is 7.83. The van der Waals surface area contributed by atoms with E-state index in [0.29, 0.717) is 6.61 Å². The van der Waals surface area contributed by atoms with Crippen LogP contribution in [-0.2, 0) is 9.53 Å². The lowest BCUT2D eigenvalue weighted by Crippen LogP contribution is -2.36. The molecule has 1 aromatic carbocycles. The Morgan fingerprint density at radius 3 is 2.89 bits per heavy atom. The van der Waals surface area contributed by atoms with E-state index >= 15 is 0 Å². The summed E-state index contributed by atoms with van der Waals surface area (Å²) in [5.74, 6) is 0.771. The zero-order valence-electron chi connectivity index (χ0n) is 11.7. The number of para-hydroxylation sites is 1. The van der Waals surface area contributed by atoms with Gasteiger partial charge >= 0.3 is 0 Å². The summed E-state index contributed by atoms with van der Waals surface area (Å²) < 4.78 is 11.0. The van der Waals surface area contributed by atoms with Crippen LogP contribution >= 0.6 is 0 Å². The molecule has 0 bridgehead atoms. The highest BCUT2D eigenvalue weighted by Crippen LogP contribution is 2.31. The van der Waals surface area contributed by atoms with Crippen LogP contribution in [0.4, 0.5) is 0 Å². The SMILES string of the molecule is CC(C)(C)OCC(=O)NC1CCOc2ccccc21. The van der Waals surface area contributed by atoms with E-state index < -0.39 is 0 Å². The molecule has 1 aliphatic rings. The molecule has 1 aliphatic heterocycles. The second-order valence-corrected chi connectivity index (χ2v) is 5.70. The maximum Gasteiger partial charge on any atom is 0.246 e. The number of hydrogen-bond donors (Lipinski definition) is 1. The van der Waals surface area contributed by atoms with Gasteiger partial charge in [-0.2, -0.15) is 0 Å². The van der Waals surface area contributed by atoms with Gasteiger partial charge in [0.2, 0.25) is 5.91 Å². The Morgan fingerprint density at radius 1 is 1.42 bits per heavy atom. The molecule has 2 rings (SSSR count). The van der Waals surface area contributed by atoms with Crippen molar-refractivity contribution in [3.63, 3.8) is 0 Å². The molecule has 4 heteroatoms. The Bertz CT molecular complexity index is 451. The predicted molar refractivity (Wildman–Crippen MR) is 73.1 cm³/mol. The number of hydrogen-bond acceptors (Lipinski definition) is 3. The smallest absolute Gasteiger partial charge is 0.246 e. The third-order valence-corrected chi connectivity index (χ3v) is 2.93. The van der Waals surface area contributed by atoms with E-state index in [1.165, 1.54) is 0 Å². The second kappa shape index (κ2) is 5.61. The quantitative estimate of drug-likeness (QED) is 0.911. The highest BCUT2D eigenvalue weighted by atomic mass is 16.5. The molecule has 104 valence electrons. The first-order valence-electron chi connectivity index (χ1n) is 6.61. The van der Waals surface area contributed by atoms with Crippen molar-refractivity contribution in [2.45, 2.75) is 38.8 Å². The van der Waals surface area contributed by atoms with Crippen molar-refractivity contribution in [1.82, 2.24) is 5.32 Å². The summed E-state index contributed by atoms with van der Waals surface area (Å²) in [5, 5.41) is 3.00. The highest BCUT2D eigenvalue weighted by Gasteiger charge is 2.23. The number of ether oxygens (including phenoxy) is 2. The highest BCUT2D eigenvalue weighted by molar-refractivity contribution is 5.77. The van der Waals surface area contributed by atoms with Crippen molar-refractivity contribution in [2.75, 3.05) is 13.2 Å². The average molecular weight is 263 g/mol. The first kappa shape index (κ1) is 13.9. The second-order valence-electron chi connectivity index (χ2n) is 5.70. The molecule has 0 radical (unpaired) electrons. The fraction of sp³-hybridized carbons (Fsp3) is 0.533. The minimum atomic E-state index is -0.301. The van der Waals surface area contributed by atoms with Gasteiger partial charge in [0.1, 0.15) is 12.4 Å². The number of benzene rings is 1. The van der Waals surface area contributed by atoms with E-state index in [2.05, 4.69) is 5.32 Å². The number of rotatable bonds is 3. The van der Waals surface area contributed by atoms with Gasteiger partial charge < -0.3 is 14.8 Å². The van der Waals surface area contributed by atoms with Gasteiger partial charge in [0, 0.05) is 12.0 Å². The topological polar surface area (TPSA) is 47.6 Å². The summed E-state index contributed by atoms with van der Waals surface area (Å²) in [4.78, 5) is 11.9. The molecular weight excluding hydrogens is 242 g/mol. The van der Waals surface area contributed by atoms with Crippen LogP contribution < -0.4 is 10.1 Å². The number of amides is 1. The molecule has 1 atom stereocenters. The van der Waals surface area contributed by atoms with Gasteiger partial charge in [-0.1, -0.05) is 18.2 Å². The van der Waals surface area contributed by atoms with Gasteiger partial charge in [0.15, 0.2) is 0 Å². The number of carbonyl (C=O) groups excluding carboxylic acids is 1. The maximum atomic E-state index is 11.9. The van der Waals surface area contributed by atoms with Gasteiger partial charge in [-0.15, -0.1) is 0 Å². The molecule has 1 amide bonds. The normalized spacial score (nSPS) is 18.4. The molecule has 0 aliphatic carbocycles. The van der Waals surface area contributed by atoms with Gasteiger partial charge in [-0.3, -0.25) is 4.79 Å². The van der Waals surface area contributed by atoms with Crippen molar-refractivity contribution < 1.29 is 14.3 Å². The summed E-state index contributed by atoms with van der Waals surface area (Å²) in [5.41, 5.74) is 0.739. The molecule has 0 saturated carbocycles. The molecule has 1 unspecified atom stereocenters. The van der Waals surface area contributed by atoms with Gasteiger partial charge in [0.25, 0.3) is 0 Å². The zero-order chi connectivity index (χ0) is 13.9. The van der Waals surface area contributed by atoms with E-state index in [1.807, 2.05) is 45.0 Å². The van der Waals surface area contributed by atoms with Crippen LogP contribution in [0.2, 0.25) is 0 Å². The predicted octanol–water partition coefficient (Wildman–Crippen LogP) is 2.44. The van der Waals surface area contributed by atoms with E-state index in [4.69, 9.17) is 9.47 Å². The van der Waals surface area contributed by atoms with Crippen LogP contribution in [0.15, 0.2) is 24.3 Å². The van der Waals surface area contributed by atoms with E-state index in [9.17, 15) is 4.79 Å². The Kier molecular flexibility index (Phi) is 4.10.